The van der Waals surface area contributed by atoms with E-state index in [0.717, 1.165) is 0 Å². The number of ketones is 1. The average Bonchev–Trinajstić information content (AvgIpc) is 2.61. The van der Waals surface area contributed by atoms with Crippen molar-refractivity contribution in [3.05, 3.63) is 58.9 Å². The van der Waals surface area contributed by atoms with Crippen LogP contribution in [0.5, 0.6) is 11.5 Å². The summed E-state index contributed by atoms with van der Waals surface area (Å²) in [6.45, 7) is 0.903. The van der Waals surface area contributed by atoms with Gasteiger partial charge in [0.15, 0.2) is 23.2 Å². The summed E-state index contributed by atoms with van der Waals surface area (Å²) >= 11 is 6.16. The number of carbonyl (C=O) groups excluding carboxylic acids is 1. The molecule has 1 aromatic heterocycles. The topological polar surface area (TPSA) is 72.2 Å². The fraction of sp³-hybridized carbons (Fsp3) is 0.167. The van der Waals surface area contributed by atoms with Crippen LogP contribution in [-0.2, 0) is 4.79 Å². The van der Waals surface area contributed by atoms with Crippen LogP contribution in [0.25, 0.3) is 6.08 Å². The molecular formula is C18H13ClN2O3. The Balaban J connectivity index is 1.81. The molecule has 2 heterocycles. The summed E-state index contributed by atoms with van der Waals surface area (Å²) in [5.41, 5.74) is 1.12. The first-order chi connectivity index (χ1) is 11.7. The predicted molar refractivity (Wildman–Crippen MR) is 89.1 cm³/mol. The van der Waals surface area contributed by atoms with Crippen LogP contribution in [0.4, 0.5) is 0 Å². The largest absolute Gasteiger partial charge is 0.486 e. The van der Waals surface area contributed by atoms with Crippen molar-refractivity contribution in [3.8, 4) is 17.6 Å². The van der Waals surface area contributed by atoms with E-state index in [0.29, 0.717) is 41.0 Å². The third kappa shape index (κ3) is 3.39. The number of carbonyl (C=O) groups is 1. The number of pyridine rings is 1. The van der Waals surface area contributed by atoms with E-state index in [4.69, 9.17) is 21.1 Å². The molecule has 1 atom stereocenters. The van der Waals surface area contributed by atoms with E-state index in [1.54, 1.807) is 42.6 Å². The van der Waals surface area contributed by atoms with Gasteiger partial charge >= 0.3 is 0 Å². The number of fused-ring (bicyclic) bond motifs is 1. The maximum atomic E-state index is 12.3. The lowest BCUT2D eigenvalue weighted by atomic mass is 10.00. The minimum absolute atomic E-state index is 0.345. The molecule has 120 valence electrons. The molecule has 24 heavy (non-hydrogen) atoms. The number of rotatable bonds is 4. The van der Waals surface area contributed by atoms with E-state index < -0.39 is 5.92 Å². The van der Waals surface area contributed by atoms with Crippen molar-refractivity contribution in [2.24, 2.45) is 0 Å². The molecule has 1 aliphatic rings. The summed E-state index contributed by atoms with van der Waals surface area (Å²) in [7, 11) is 0. The number of halogens is 1. The number of nitriles is 1. The van der Waals surface area contributed by atoms with Gasteiger partial charge in [-0.05, 0) is 35.9 Å². The lowest BCUT2D eigenvalue weighted by molar-refractivity contribution is -0.114. The van der Waals surface area contributed by atoms with Crippen molar-refractivity contribution in [2.75, 3.05) is 13.2 Å². The molecule has 0 amide bonds. The van der Waals surface area contributed by atoms with Crippen LogP contribution in [0.15, 0.2) is 42.6 Å². The minimum atomic E-state index is -0.935. The minimum Gasteiger partial charge on any atom is -0.486 e. The lowest BCUT2D eigenvalue weighted by Crippen LogP contribution is -2.15. The van der Waals surface area contributed by atoms with E-state index in [1.807, 2.05) is 6.07 Å². The summed E-state index contributed by atoms with van der Waals surface area (Å²) in [4.78, 5) is 16.3. The van der Waals surface area contributed by atoms with E-state index in [-0.39, 0.29) is 5.78 Å². The second-order valence-electron chi connectivity index (χ2n) is 5.08. The Labute approximate surface area is 144 Å². The van der Waals surface area contributed by atoms with Gasteiger partial charge < -0.3 is 9.47 Å². The van der Waals surface area contributed by atoms with Gasteiger partial charge in [0, 0.05) is 6.20 Å². The van der Waals surface area contributed by atoms with E-state index >= 15 is 0 Å². The Hall–Kier alpha value is -2.84. The molecule has 0 fully saturated rings. The normalized spacial score (nSPS) is 14.2. The maximum absolute atomic E-state index is 12.3. The SMILES string of the molecule is N#CC(C(=O)C=Cc1cc(Cl)c2c(c1)OCCO2)c1ccccn1. The number of nitrogens with zero attached hydrogens (tertiary/aromatic N) is 2. The number of aromatic nitrogens is 1. The maximum Gasteiger partial charge on any atom is 0.179 e. The molecule has 3 rings (SSSR count). The van der Waals surface area contributed by atoms with Crippen molar-refractivity contribution < 1.29 is 14.3 Å². The number of ether oxygens (including phenoxy) is 2. The van der Waals surface area contributed by atoms with Crippen LogP contribution in [-0.4, -0.2) is 24.0 Å². The van der Waals surface area contributed by atoms with Gasteiger partial charge in [-0.25, -0.2) is 0 Å². The van der Waals surface area contributed by atoms with Crippen LogP contribution in [0, 0.1) is 11.3 Å². The molecule has 2 aromatic rings. The molecule has 0 aliphatic carbocycles. The van der Waals surface area contributed by atoms with Crippen LogP contribution >= 0.6 is 11.6 Å². The summed E-state index contributed by atoms with van der Waals surface area (Å²) in [6, 6.07) is 10.5. The summed E-state index contributed by atoms with van der Waals surface area (Å²) < 4.78 is 10.9. The van der Waals surface area contributed by atoms with Crippen molar-refractivity contribution in [2.45, 2.75) is 5.92 Å². The zero-order valence-corrected chi connectivity index (χ0v) is 13.4. The lowest BCUT2D eigenvalue weighted by Gasteiger charge is -2.19. The highest BCUT2D eigenvalue weighted by molar-refractivity contribution is 6.32. The molecule has 5 nitrogen and oxygen atoms in total. The van der Waals surface area contributed by atoms with Gasteiger partial charge in [0.1, 0.15) is 13.2 Å². The van der Waals surface area contributed by atoms with Gasteiger partial charge in [-0.1, -0.05) is 23.7 Å². The average molecular weight is 341 g/mol. The summed E-state index contributed by atoms with van der Waals surface area (Å²) in [5, 5.41) is 9.66. The van der Waals surface area contributed by atoms with E-state index in [9.17, 15) is 10.1 Å². The molecule has 0 spiro atoms. The molecule has 1 unspecified atom stereocenters. The van der Waals surface area contributed by atoms with Crippen LogP contribution in [0.3, 0.4) is 0 Å². The molecule has 0 N–H and O–H groups in total. The Morgan fingerprint density at radius 2 is 2.17 bits per heavy atom. The van der Waals surface area contributed by atoms with E-state index in [1.165, 1.54) is 6.08 Å². The Morgan fingerprint density at radius 1 is 1.33 bits per heavy atom. The van der Waals surface area contributed by atoms with Crippen molar-refractivity contribution in [3.63, 3.8) is 0 Å². The zero-order chi connectivity index (χ0) is 16.9. The Kier molecular flexibility index (Phi) is 4.78. The molecular weight excluding hydrogens is 328 g/mol. The summed E-state index contributed by atoms with van der Waals surface area (Å²) in [6.07, 6.45) is 4.50. The summed E-state index contributed by atoms with van der Waals surface area (Å²) in [5.74, 6) is -0.227. The van der Waals surface area contributed by atoms with Gasteiger partial charge in [0.05, 0.1) is 16.8 Å². The quantitative estimate of drug-likeness (QED) is 0.798. The Bertz CT molecular complexity index is 828. The van der Waals surface area contributed by atoms with Gasteiger partial charge in [-0.3, -0.25) is 9.78 Å². The van der Waals surface area contributed by atoms with Crippen molar-refractivity contribution in [1.82, 2.24) is 4.98 Å². The molecule has 0 radical (unpaired) electrons. The molecule has 0 saturated heterocycles. The fourth-order valence-corrected chi connectivity index (χ4v) is 2.60. The predicted octanol–water partition coefficient (Wildman–Crippen LogP) is 3.40. The second kappa shape index (κ2) is 7.16. The van der Waals surface area contributed by atoms with Gasteiger partial charge in [0.2, 0.25) is 0 Å². The smallest absolute Gasteiger partial charge is 0.179 e. The van der Waals surface area contributed by atoms with Crippen molar-refractivity contribution >= 4 is 23.5 Å². The fourth-order valence-electron chi connectivity index (χ4n) is 2.32. The molecule has 1 aromatic carbocycles. The van der Waals surface area contributed by atoms with Gasteiger partial charge in [-0.15, -0.1) is 0 Å². The zero-order valence-electron chi connectivity index (χ0n) is 12.6. The van der Waals surface area contributed by atoms with Gasteiger partial charge in [0.25, 0.3) is 0 Å². The number of hydrogen-bond acceptors (Lipinski definition) is 5. The molecule has 1 aliphatic heterocycles. The number of allylic oxidation sites excluding steroid dienone is 1. The van der Waals surface area contributed by atoms with Crippen LogP contribution in [0.2, 0.25) is 5.02 Å². The molecule has 0 bridgehead atoms. The first kappa shape index (κ1) is 16.0. The molecule has 0 saturated carbocycles. The Morgan fingerprint density at radius 3 is 2.92 bits per heavy atom. The number of hydrogen-bond donors (Lipinski definition) is 0. The third-order valence-corrected chi connectivity index (χ3v) is 3.74. The third-order valence-electron chi connectivity index (χ3n) is 3.46. The first-order valence-corrected chi connectivity index (χ1v) is 7.68. The van der Waals surface area contributed by atoms with Gasteiger partial charge in [-0.2, -0.15) is 5.26 Å². The highest BCUT2D eigenvalue weighted by Crippen LogP contribution is 2.38. The number of benzene rings is 1. The first-order valence-electron chi connectivity index (χ1n) is 7.30. The second-order valence-corrected chi connectivity index (χ2v) is 5.49. The highest BCUT2D eigenvalue weighted by Gasteiger charge is 2.19. The van der Waals surface area contributed by atoms with Crippen molar-refractivity contribution in [1.29, 1.82) is 5.26 Å². The van der Waals surface area contributed by atoms with Crippen LogP contribution < -0.4 is 9.47 Å². The standard InChI is InChI=1S/C18H13ClN2O3/c19-14-9-12(10-17-18(14)24-8-7-23-17)4-5-16(22)13(11-20)15-3-1-2-6-21-15/h1-6,9-10,13H,7-8H2. The molecule has 6 heteroatoms. The van der Waals surface area contributed by atoms with Crippen LogP contribution in [0.1, 0.15) is 17.2 Å². The van der Waals surface area contributed by atoms with E-state index in [2.05, 4.69) is 4.98 Å². The monoisotopic (exact) mass is 340 g/mol. The highest BCUT2D eigenvalue weighted by atomic mass is 35.5.